The van der Waals surface area contributed by atoms with E-state index in [0.717, 1.165) is 30.5 Å². The molecule has 1 fully saturated rings. The lowest BCUT2D eigenvalue weighted by atomic mass is 9.99. The van der Waals surface area contributed by atoms with Gasteiger partial charge in [0.1, 0.15) is 10.4 Å². The van der Waals surface area contributed by atoms with E-state index in [1.54, 1.807) is 0 Å². The summed E-state index contributed by atoms with van der Waals surface area (Å²) in [6, 6.07) is 14.4. The van der Waals surface area contributed by atoms with E-state index in [4.69, 9.17) is 12.2 Å². The van der Waals surface area contributed by atoms with E-state index in [9.17, 15) is 14.7 Å². The van der Waals surface area contributed by atoms with Crippen LogP contribution in [0.15, 0.2) is 53.4 Å². The van der Waals surface area contributed by atoms with E-state index in [-0.39, 0.29) is 16.6 Å². The maximum atomic E-state index is 13.1. The van der Waals surface area contributed by atoms with Crippen molar-refractivity contribution >= 4 is 51.9 Å². The van der Waals surface area contributed by atoms with Crippen LogP contribution >= 0.6 is 24.0 Å². The Morgan fingerprint density at radius 3 is 2.77 bits per heavy atom. The van der Waals surface area contributed by atoms with Crippen LogP contribution in [0.1, 0.15) is 23.1 Å². The van der Waals surface area contributed by atoms with Gasteiger partial charge < -0.3 is 10.0 Å². The van der Waals surface area contributed by atoms with E-state index >= 15 is 0 Å². The predicted octanol–water partition coefficient (Wildman–Crippen LogP) is 3.97. The summed E-state index contributed by atoms with van der Waals surface area (Å²) in [5.41, 5.74) is 4.27. The second kappa shape index (κ2) is 8.62. The number of amides is 1. The van der Waals surface area contributed by atoms with Crippen LogP contribution in [-0.2, 0) is 22.4 Å². The summed E-state index contributed by atoms with van der Waals surface area (Å²) in [5.74, 6) is -1.41. The van der Waals surface area contributed by atoms with Crippen LogP contribution in [0.2, 0.25) is 0 Å². The summed E-state index contributed by atoms with van der Waals surface area (Å²) < 4.78 is 0.285. The third-order valence-electron chi connectivity index (χ3n) is 5.44. The van der Waals surface area contributed by atoms with Crippen LogP contribution in [0.25, 0.3) is 6.08 Å². The SMILES string of the molecule is CN1CCCc2cc(/C=C3\SC(=S)N(C(Cc4ccccc4)C(=O)O)C3=O)ccc21. The van der Waals surface area contributed by atoms with Crippen molar-refractivity contribution in [2.45, 2.75) is 25.3 Å². The van der Waals surface area contributed by atoms with Gasteiger partial charge in [-0.1, -0.05) is 60.4 Å². The second-order valence-electron chi connectivity index (χ2n) is 7.51. The Balaban J connectivity index is 1.59. The minimum atomic E-state index is -1.06. The number of nitrogens with zero attached hydrogens (tertiary/aromatic N) is 2. The van der Waals surface area contributed by atoms with E-state index in [1.807, 2.05) is 42.5 Å². The number of carbonyl (C=O) groups excluding carboxylic acids is 1. The number of carboxylic acid groups (broad SMARTS) is 1. The van der Waals surface area contributed by atoms with E-state index in [2.05, 4.69) is 24.1 Å². The molecule has 2 aromatic rings. The van der Waals surface area contributed by atoms with Crippen LogP contribution < -0.4 is 4.90 Å². The largest absolute Gasteiger partial charge is 0.480 e. The van der Waals surface area contributed by atoms with Crippen molar-refractivity contribution in [3.63, 3.8) is 0 Å². The number of rotatable bonds is 5. The second-order valence-corrected chi connectivity index (χ2v) is 9.18. The normalized spacial score (nSPS) is 18.6. The van der Waals surface area contributed by atoms with Crippen molar-refractivity contribution in [2.75, 3.05) is 18.5 Å². The monoisotopic (exact) mass is 438 g/mol. The molecule has 0 bridgehead atoms. The van der Waals surface area contributed by atoms with Gasteiger partial charge in [0.05, 0.1) is 4.91 Å². The van der Waals surface area contributed by atoms with Gasteiger partial charge in [-0.05, 0) is 47.7 Å². The molecule has 5 nitrogen and oxygen atoms in total. The lowest BCUT2D eigenvalue weighted by Crippen LogP contribution is -2.45. The maximum absolute atomic E-state index is 13.1. The summed E-state index contributed by atoms with van der Waals surface area (Å²) in [6.07, 6.45) is 4.14. The topological polar surface area (TPSA) is 60.9 Å². The average molecular weight is 439 g/mol. The van der Waals surface area contributed by atoms with Gasteiger partial charge in [0.2, 0.25) is 0 Å². The Bertz CT molecular complexity index is 1040. The number of aliphatic carboxylic acids is 1. The van der Waals surface area contributed by atoms with Gasteiger partial charge in [-0.2, -0.15) is 0 Å². The number of anilines is 1. The van der Waals surface area contributed by atoms with Gasteiger partial charge in [0.25, 0.3) is 5.91 Å². The number of fused-ring (bicyclic) bond motifs is 1. The standard InChI is InChI=1S/C23H22N2O3S2/c1-24-11-5-8-17-12-16(9-10-18(17)24)14-20-21(26)25(23(29)30-20)19(22(27)28)13-15-6-3-2-4-7-15/h2-4,6-7,9-10,12,14,19H,5,8,11,13H2,1H3,(H,27,28)/b20-14-. The molecule has 0 radical (unpaired) electrons. The molecular formula is C23H22N2O3S2. The van der Waals surface area contributed by atoms with Gasteiger partial charge >= 0.3 is 5.97 Å². The zero-order chi connectivity index (χ0) is 21.3. The van der Waals surface area contributed by atoms with Gasteiger partial charge in [0, 0.05) is 25.7 Å². The Hall–Kier alpha value is -2.64. The first-order valence-corrected chi connectivity index (χ1v) is 11.0. The lowest BCUT2D eigenvalue weighted by Gasteiger charge is -2.27. The van der Waals surface area contributed by atoms with Gasteiger partial charge in [0.15, 0.2) is 0 Å². The molecule has 2 aliphatic rings. The molecule has 154 valence electrons. The highest BCUT2D eigenvalue weighted by Crippen LogP contribution is 2.36. The van der Waals surface area contributed by atoms with Crippen molar-refractivity contribution < 1.29 is 14.7 Å². The molecule has 4 rings (SSSR count). The third kappa shape index (κ3) is 4.13. The molecule has 0 aliphatic carbocycles. The molecule has 2 heterocycles. The minimum absolute atomic E-state index is 0.209. The Morgan fingerprint density at radius 1 is 1.27 bits per heavy atom. The molecule has 30 heavy (non-hydrogen) atoms. The first kappa shape index (κ1) is 20.6. The lowest BCUT2D eigenvalue weighted by molar-refractivity contribution is -0.145. The fraction of sp³-hybridized carbons (Fsp3) is 0.261. The molecule has 1 N–H and O–H groups in total. The highest BCUT2D eigenvalue weighted by Gasteiger charge is 2.40. The highest BCUT2D eigenvalue weighted by molar-refractivity contribution is 8.26. The van der Waals surface area contributed by atoms with Crippen molar-refractivity contribution in [3.05, 3.63) is 70.1 Å². The quantitative estimate of drug-likeness (QED) is 0.563. The summed E-state index contributed by atoms with van der Waals surface area (Å²) in [7, 11) is 2.08. The van der Waals surface area contributed by atoms with Gasteiger partial charge in [-0.25, -0.2) is 4.79 Å². The number of hydrogen-bond acceptors (Lipinski definition) is 5. The molecule has 1 atom stereocenters. The number of hydrogen-bond donors (Lipinski definition) is 1. The number of benzene rings is 2. The van der Waals surface area contributed by atoms with Crippen LogP contribution in [0.5, 0.6) is 0 Å². The van der Waals surface area contributed by atoms with Crippen molar-refractivity contribution in [2.24, 2.45) is 0 Å². The summed E-state index contributed by atoms with van der Waals surface area (Å²) >= 11 is 6.56. The molecule has 1 amide bonds. The number of thioether (sulfide) groups is 1. The number of aryl methyl sites for hydroxylation is 1. The predicted molar refractivity (Wildman–Crippen MR) is 125 cm³/mol. The smallest absolute Gasteiger partial charge is 0.327 e. The Labute approximate surface area is 185 Å². The van der Waals surface area contributed by atoms with Crippen molar-refractivity contribution in [1.82, 2.24) is 4.90 Å². The van der Waals surface area contributed by atoms with E-state index in [0.29, 0.717) is 4.91 Å². The number of carboxylic acids is 1. The third-order valence-corrected chi connectivity index (χ3v) is 6.77. The molecule has 0 aromatic heterocycles. The molecule has 2 aromatic carbocycles. The van der Waals surface area contributed by atoms with Crippen molar-refractivity contribution in [1.29, 1.82) is 0 Å². The van der Waals surface area contributed by atoms with Crippen molar-refractivity contribution in [3.8, 4) is 0 Å². The van der Waals surface area contributed by atoms with Crippen LogP contribution in [0.4, 0.5) is 5.69 Å². The fourth-order valence-electron chi connectivity index (χ4n) is 3.92. The van der Waals surface area contributed by atoms with Crippen LogP contribution in [-0.4, -0.2) is 45.8 Å². The summed E-state index contributed by atoms with van der Waals surface area (Å²) in [4.78, 5) is 29.0. The fourth-order valence-corrected chi connectivity index (χ4v) is 5.28. The Kier molecular flexibility index (Phi) is 5.92. The molecular weight excluding hydrogens is 416 g/mol. The molecule has 1 unspecified atom stereocenters. The van der Waals surface area contributed by atoms with Crippen LogP contribution in [0.3, 0.4) is 0 Å². The van der Waals surface area contributed by atoms with E-state index in [1.165, 1.54) is 27.9 Å². The molecule has 0 spiro atoms. The minimum Gasteiger partial charge on any atom is -0.480 e. The van der Waals surface area contributed by atoms with E-state index < -0.39 is 12.0 Å². The summed E-state index contributed by atoms with van der Waals surface area (Å²) in [5, 5.41) is 9.78. The average Bonchev–Trinajstić information content (AvgIpc) is 3.00. The van der Waals surface area contributed by atoms with Gasteiger partial charge in [-0.3, -0.25) is 9.69 Å². The molecule has 1 saturated heterocycles. The summed E-state index contributed by atoms with van der Waals surface area (Å²) in [6.45, 7) is 1.04. The number of carbonyl (C=O) groups is 2. The molecule has 0 saturated carbocycles. The number of thiocarbonyl (C=S) groups is 1. The molecule has 2 aliphatic heterocycles. The Morgan fingerprint density at radius 2 is 2.03 bits per heavy atom. The zero-order valence-corrected chi connectivity index (χ0v) is 18.2. The molecule has 7 heteroatoms. The maximum Gasteiger partial charge on any atom is 0.327 e. The zero-order valence-electron chi connectivity index (χ0n) is 16.6. The first-order valence-electron chi connectivity index (χ1n) is 9.82. The van der Waals surface area contributed by atoms with Crippen LogP contribution in [0, 0.1) is 0 Å². The van der Waals surface area contributed by atoms with Gasteiger partial charge in [-0.15, -0.1) is 0 Å². The first-order chi connectivity index (χ1) is 14.4. The highest BCUT2D eigenvalue weighted by atomic mass is 32.2.